The molecule has 0 unspecified atom stereocenters. The summed E-state index contributed by atoms with van der Waals surface area (Å²) in [6, 6.07) is 5.86. The Morgan fingerprint density at radius 3 is 2.67 bits per heavy atom. The van der Waals surface area contributed by atoms with Crippen molar-refractivity contribution in [2.45, 2.75) is 51.3 Å². The van der Waals surface area contributed by atoms with Crippen LogP contribution >= 0.6 is 11.8 Å². The van der Waals surface area contributed by atoms with Crippen LogP contribution in [0.4, 0.5) is 0 Å². The standard InChI is InChI=1S/C19H23NO3S/c1-12-7-16-14(9-19(22)23-17(16)8-13(12)2)10-24-11-18(21)20-15-5-3-4-6-15/h7-9,15H,3-6,10-11H2,1-2H3,(H,20,21). The Labute approximate surface area is 146 Å². The number of hydrogen-bond acceptors (Lipinski definition) is 4. The van der Waals surface area contributed by atoms with Crippen LogP contribution in [0.2, 0.25) is 0 Å². The van der Waals surface area contributed by atoms with Crippen molar-refractivity contribution in [1.82, 2.24) is 5.32 Å². The van der Waals surface area contributed by atoms with Crippen LogP contribution in [0.1, 0.15) is 42.4 Å². The molecule has 1 heterocycles. The summed E-state index contributed by atoms with van der Waals surface area (Å²) in [6.07, 6.45) is 4.62. The zero-order valence-electron chi connectivity index (χ0n) is 14.2. The summed E-state index contributed by atoms with van der Waals surface area (Å²) in [7, 11) is 0. The van der Waals surface area contributed by atoms with Gasteiger partial charge < -0.3 is 9.73 Å². The maximum atomic E-state index is 12.0. The molecular formula is C19H23NO3S. The molecule has 1 aliphatic carbocycles. The largest absolute Gasteiger partial charge is 0.423 e. The van der Waals surface area contributed by atoms with Crippen LogP contribution in [0, 0.1) is 13.8 Å². The highest BCUT2D eigenvalue weighted by molar-refractivity contribution is 7.99. The average molecular weight is 345 g/mol. The molecule has 2 aromatic rings. The van der Waals surface area contributed by atoms with E-state index in [9.17, 15) is 9.59 Å². The van der Waals surface area contributed by atoms with Crippen LogP contribution in [-0.2, 0) is 10.5 Å². The van der Waals surface area contributed by atoms with Crippen molar-refractivity contribution in [3.05, 3.63) is 45.3 Å². The van der Waals surface area contributed by atoms with Gasteiger partial charge >= 0.3 is 5.63 Å². The van der Waals surface area contributed by atoms with Gasteiger partial charge in [0.05, 0.1) is 5.75 Å². The number of rotatable bonds is 5. The number of amides is 1. The second-order valence-electron chi connectivity index (χ2n) is 6.56. The molecule has 24 heavy (non-hydrogen) atoms. The Bertz CT molecular complexity index is 806. The lowest BCUT2D eigenvalue weighted by Crippen LogP contribution is -2.33. The normalized spacial score (nSPS) is 15.1. The average Bonchev–Trinajstić information content (AvgIpc) is 3.02. The zero-order valence-corrected chi connectivity index (χ0v) is 15.0. The van der Waals surface area contributed by atoms with E-state index in [0.29, 0.717) is 23.1 Å². The first-order valence-electron chi connectivity index (χ1n) is 8.44. The highest BCUT2D eigenvalue weighted by Gasteiger charge is 2.17. The Morgan fingerprint density at radius 1 is 1.21 bits per heavy atom. The maximum absolute atomic E-state index is 12.0. The zero-order chi connectivity index (χ0) is 17.1. The van der Waals surface area contributed by atoms with Crippen LogP contribution in [0.5, 0.6) is 0 Å². The van der Waals surface area contributed by atoms with Crippen molar-refractivity contribution >= 4 is 28.6 Å². The fourth-order valence-corrected chi connectivity index (χ4v) is 4.03. The van der Waals surface area contributed by atoms with E-state index in [1.165, 1.54) is 30.2 Å². The van der Waals surface area contributed by atoms with Gasteiger partial charge in [0.25, 0.3) is 0 Å². The van der Waals surface area contributed by atoms with Crippen LogP contribution in [0.25, 0.3) is 11.0 Å². The van der Waals surface area contributed by atoms with Gasteiger partial charge in [0, 0.05) is 23.2 Å². The number of thioether (sulfide) groups is 1. The lowest BCUT2D eigenvalue weighted by Gasteiger charge is -2.12. The molecule has 0 bridgehead atoms. The fourth-order valence-electron chi connectivity index (χ4n) is 3.20. The summed E-state index contributed by atoms with van der Waals surface area (Å²) < 4.78 is 5.31. The van der Waals surface area contributed by atoms with Gasteiger partial charge in [0.1, 0.15) is 5.58 Å². The van der Waals surface area contributed by atoms with Gasteiger partial charge in [-0.1, -0.05) is 12.8 Å². The second kappa shape index (κ2) is 7.43. The topological polar surface area (TPSA) is 59.3 Å². The number of hydrogen-bond donors (Lipinski definition) is 1. The van der Waals surface area contributed by atoms with Crippen molar-refractivity contribution < 1.29 is 9.21 Å². The first kappa shape index (κ1) is 17.1. The lowest BCUT2D eigenvalue weighted by atomic mass is 10.0. The first-order chi connectivity index (χ1) is 11.5. The van der Waals surface area contributed by atoms with Gasteiger partial charge in [-0.05, 0) is 55.5 Å². The molecular weight excluding hydrogens is 322 g/mol. The summed E-state index contributed by atoms with van der Waals surface area (Å²) in [5.41, 5.74) is 3.49. The van der Waals surface area contributed by atoms with Gasteiger partial charge in [-0.2, -0.15) is 0 Å². The van der Waals surface area contributed by atoms with E-state index < -0.39 is 0 Å². The number of benzene rings is 1. The maximum Gasteiger partial charge on any atom is 0.336 e. The summed E-state index contributed by atoms with van der Waals surface area (Å²) in [5, 5.41) is 4.05. The Balaban J connectivity index is 1.67. The number of carbonyl (C=O) groups is 1. The van der Waals surface area contributed by atoms with E-state index in [2.05, 4.69) is 11.4 Å². The molecule has 1 fully saturated rings. The highest BCUT2D eigenvalue weighted by atomic mass is 32.2. The van der Waals surface area contributed by atoms with Gasteiger partial charge in [0.2, 0.25) is 5.91 Å². The summed E-state index contributed by atoms with van der Waals surface area (Å²) in [5.74, 6) is 1.14. The van der Waals surface area contributed by atoms with E-state index in [4.69, 9.17) is 4.42 Å². The van der Waals surface area contributed by atoms with Gasteiger partial charge in [-0.15, -0.1) is 11.8 Å². The third-order valence-corrected chi connectivity index (χ3v) is 5.64. The highest BCUT2D eigenvalue weighted by Crippen LogP contribution is 2.24. The van der Waals surface area contributed by atoms with Gasteiger partial charge in [-0.3, -0.25) is 4.79 Å². The molecule has 128 valence electrons. The van der Waals surface area contributed by atoms with Crippen molar-refractivity contribution in [3.63, 3.8) is 0 Å². The molecule has 1 N–H and O–H groups in total. The lowest BCUT2D eigenvalue weighted by molar-refractivity contribution is -0.119. The monoisotopic (exact) mass is 345 g/mol. The molecule has 0 atom stereocenters. The molecule has 1 saturated carbocycles. The molecule has 0 spiro atoms. The van der Waals surface area contributed by atoms with Crippen LogP contribution in [-0.4, -0.2) is 17.7 Å². The SMILES string of the molecule is Cc1cc2oc(=O)cc(CSCC(=O)NC3CCCC3)c2cc1C. The van der Waals surface area contributed by atoms with Gasteiger partial charge in [0.15, 0.2) is 0 Å². The number of aryl methyl sites for hydroxylation is 2. The number of fused-ring (bicyclic) bond motifs is 1. The quantitative estimate of drug-likeness (QED) is 0.840. The molecule has 0 radical (unpaired) electrons. The Kier molecular flexibility index (Phi) is 5.29. The molecule has 5 heteroatoms. The van der Waals surface area contributed by atoms with E-state index >= 15 is 0 Å². The molecule has 1 aliphatic rings. The predicted octanol–water partition coefficient (Wildman–Crippen LogP) is 3.70. The summed E-state index contributed by atoms with van der Waals surface area (Å²) in [4.78, 5) is 23.8. The first-order valence-corrected chi connectivity index (χ1v) is 9.59. The smallest absolute Gasteiger partial charge is 0.336 e. The predicted molar refractivity (Wildman–Crippen MR) is 98.5 cm³/mol. The Hall–Kier alpha value is -1.75. The van der Waals surface area contributed by atoms with Gasteiger partial charge in [-0.25, -0.2) is 4.79 Å². The van der Waals surface area contributed by atoms with Crippen LogP contribution < -0.4 is 10.9 Å². The van der Waals surface area contributed by atoms with Crippen molar-refractivity contribution in [3.8, 4) is 0 Å². The molecule has 1 amide bonds. The van der Waals surface area contributed by atoms with Crippen molar-refractivity contribution in [2.24, 2.45) is 0 Å². The van der Waals surface area contributed by atoms with E-state index in [0.717, 1.165) is 29.4 Å². The number of carbonyl (C=O) groups excluding carboxylic acids is 1. The van der Waals surface area contributed by atoms with Crippen LogP contribution in [0.3, 0.4) is 0 Å². The minimum atomic E-state index is -0.336. The summed E-state index contributed by atoms with van der Waals surface area (Å²) >= 11 is 1.54. The molecule has 4 nitrogen and oxygen atoms in total. The minimum absolute atomic E-state index is 0.0891. The third kappa shape index (κ3) is 4.01. The third-order valence-electron chi connectivity index (χ3n) is 4.66. The molecule has 3 rings (SSSR count). The van der Waals surface area contributed by atoms with Crippen LogP contribution in [0.15, 0.2) is 27.4 Å². The summed E-state index contributed by atoms with van der Waals surface area (Å²) in [6.45, 7) is 4.05. The van der Waals surface area contributed by atoms with E-state index in [-0.39, 0.29) is 11.5 Å². The molecule has 0 aliphatic heterocycles. The van der Waals surface area contributed by atoms with Crippen molar-refractivity contribution in [2.75, 3.05) is 5.75 Å². The van der Waals surface area contributed by atoms with Crippen molar-refractivity contribution in [1.29, 1.82) is 0 Å². The second-order valence-corrected chi connectivity index (χ2v) is 7.55. The van der Waals surface area contributed by atoms with E-state index in [1.54, 1.807) is 6.07 Å². The molecule has 1 aromatic carbocycles. The minimum Gasteiger partial charge on any atom is -0.423 e. The number of nitrogens with one attached hydrogen (secondary N) is 1. The van der Waals surface area contributed by atoms with E-state index in [1.807, 2.05) is 19.9 Å². The molecule has 0 saturated heterocycles. The molecule has 1 aromatic heterocycles. The Morgan fingerprint density at radius 2 is 1.92 bits per heavy atom. The fraction of sp³-hybridized carbons (Fsp3) is 0.474.